The van der Waals surface area contributed by atoms with Gasteiger partial charge in [-0.1, -0.05) is 6.92 Å². The van der Waals surface area contributed by atoms with E-state index in [1.165, 1.54) is 0 Å². The van der Waals surface area contributed by atoms with Crippen molar-refractivity contribution in [3.05, 3.63) is 24.2 Å². The number of hydrogen-bond donors (Lipinski definition) is 2. The zero-order valence-corrected chi connectivity index (χ0v) is 11.1. The zero-order chi connectivity index (χ0) is 14.0. The Balaban J connectivity index is 2.33. The Bertz CT molecular complexity index is 456. The van der Waals surface area contributed by atoms with Crippen LogP contribution < -0.4 is 11.1 Å². The van der Waals surface area contributed by atoms with Gasteiger partial charge in [0.05, 0.1) is 24.9 Å². The molecule has 6 heteroatoms. The van der Waals surface area contributed by atoms with Gasteiger partial charge in [-0.05, 0) is 25.5 Å². The first-order valence-corrected chi connectivity index (χ1v) is 6.43. The minimum Gasteiger partial charge on any atom is -0.468 e. The monoisotopic (exact) mass is 265 g/mol. The maximum absolute atomic E-state index is 11.9. The van der Waals surface area contributed by atoms with E-state index in [0.29, 0.717) is 12.2 Å². The third kappa shape index (κ3) is 2.69. The molecule has 0 aromatic carbocycles. The quantitative estimate of drug-likeness (QED) is 0.769. The number of carbonyl (C=O) groups excluding carboxylic acids is 2. The Morgan fingerprint density at radius 1 is 1.58 bits per heavy atom. The number of nitrogens with zero attached hydrogens (tertiary/aromatic N) is 1. The lowest BCUT2D eigenvalue weighted by Gasteiger charge is -2.39. The third-order valence-electron chi connectivity index (χ3n) is 3.37. The summed E-state index contributed by atoms with van der Waals surface area (Å²) < 4.78 is 5.41. The zero-order valence-electron chi connectivity index (χ0n) is 11.1. The molecule has 0 radical (unpaired) electrons. The van der Waals surface area contributed by atoms with Gasteiger partial charge in [0.1, 0.15) is 5.76 Å². The van der Waals surface area contributed by atoms with Gasteiger partial charge in [-0.3, -0.25) is 19.8 Å². The van der Waals surface area contributed by atoms with Crippen LogP contribution in [0.1, 0.15) is 32.1 Å². The highest BCUT2D eigenvalue weighted by Gasteiger charge is 2.39. The molecule has 2 heterocycles. The van der Waals surface area contributed by atoms with Crippen LogP contribution in [0.3, 0.4) is 0 Å². The number of amides is 2. The lowest BCUT2D eigenvalue weighted by Crippen LogP contribution is -2.60. The smallest absolute Gasteiger partial charge is 0.243 e. The van der Waals surface area contributed by atoms with Crippen LogP contribution in [0, 0.1) is 0 Å². The highest BCUT2D eigenvalue weighted by atomic mass is 16.3. The lowest BCUT2D eigenvalue weighted by atomic mass is 10.00. The second kappa shape index (κ2) is 5.54. The van der Waals surface area contributed by atoms with Crippen molar-refractivity contribution in [2.75, 3.05) is 6.54 Å². The van der Waals surface area contributed by atoms with Gasteiger partial charge in [-0.25, -0.2) is 0 Å². The highest BCUT2D eigenvalue weighted by Crippen LogP contribution is 2.28. The van der Waals surface area contributed by atoms with Crippen molar-refractivity contribution in [3.8, 4) is 0 Å². The Labute approximate surface area is 111 Å². The molecular formula is C13H19N3O3. The van der Waals surface area contributed by atoms with E-state index in [4.69, 9.17) is 10.2 Å². The van der Waals surface area contributed by atoms with Gasteiger partial charge in [0, 0.05) is 6.04 Å². The van der Waals surface area contributed by atoms with Crippen LogP contribution in [0.2, 0.25) is 0 Å². The summed E-state index contributed by atoms with van der Waals surface area (Å²) in [5, 5.41) is 2.36. The lowest BCUT2D eigenvalue weighted by molar-refractivity contribution is -0.142. The maximum Gasteiger partial charge on any atom is 0.243 e. The molecule has 1 aromatic rings. The van der Waals surface area contributed by atoms with Crippen LogP contribution in [0.4, 0.5) is 0 Å². The molecule has 3 unspecified atom stereocenters. The van der Waals surface area contributed by atoms with Gasteiger partial charge in [0.25, 0.3) is 0 Å². The summed E-state index contributed by atoms with van der Waals surface area (Å²) in [5.41, 5.74) is 6.02. The maximum atomic E-state index is 11.9. The van der Waals surface area contributed by atoms with E-state index < -0.39 is 0 Å². The molecule has 1 saturated heterocycles. The molecule has 2 amide bonds. The van der Waals surface area contributed by atoms with Crippen LogP contribution >= 0.6 is 0 Å². The topological polar surface area (TPSA) is 88.6 Å². The van der Waals surface area contributed by atoms with Crippen LogP contribution in [0.25, 0.3) is 0 Å². The predicted molar refractivity (Wildman–Crippen MR) is 69.0 cm³/mol. The van der Waals surface area contributed by atoms with Gasteiger partial charge >= 0.3 is 0 Å². The van der Waals surface area contributed by atoms with E-state index in [1.807, 2.05) is 24.8 Å². The number of carbonyl (C=O) groups is 2. The van der Waals surface area contributed by atoms with Crippen LogP contribution in [-0.2, 0) is 9.59 Å². The van der Waals surface area contributed by atoms with Crippen molar-refractivity contribution in [1.82, 2.24) is 10.2 Å². The van der Waals surface area contributed by atoms with Crippen LogP contribution in [0.5, 0.6) is 0 Å². The molecule has 1 fully saturated rings. The number of imide groups is 1. The number of piperazine rings is 1. The van der Waals surface area contributed by atoms with Crippen molar-refractivity contribution < 1.29 is 14.0 Å². The fourth-order valence-corrected chi connectivity index (χ4v) is 2.58. The van der Waals surface area contributed by atoms with Crippen molar-refractivity contribution in [2.45, 2.75) is 38.4 Å². The van der Waals surface area contributed by atoms with E-state index in [9.17, 15) is 9.59 Å². The fourth-order valence-electron chi connectivity index (χ4n) is 2.58. The molecule has 1 aliphatic rings. The van der Waals surface area contributed by atoms with Crippen molar-refractivity contribution in [2.24, 2.45) is 5.73 Å². The number of rotatable bonds is 4. The normalized spacial score (nSPS) is 24.1. The molecular weight excluding hydrogens is 246 g/mol. The first kappa shape index (κ1) is 13.8. The fraction of sp³-hybridized carbons (Fsp3) is 0.538. The molecule has 3 N–H and O–H groups in total. The van der Waals surface area contributed by atoms with Gasteiger partial charge in [0.2, 0.25) is 11.8 Å². The van der Waals surface area contributed by atoms with Gasteiger partial charge < -0.3 is 10.2 Å². The highest BCUT2D eigenvalue weighted by molar-refractivity contribution is 6.01. The molecule has 2 rings (SSSR count). The molecule has 1 aromatic heterocycles. The second-order valence-corrected chi connectivity index (χ2v) is 4.83. The largest absolute Gasteiger partial charge is 0.468 e. The van der Waals surface area contributed by atoms with E-state index in [0.717, 1.165) is 0 Å². The van der Waals surface area contributed by atoms with E-state index in [2.05, 4.69) is 5.32 Å². The molecule has 19 heavy (non-hydrogen) atoms. The summed E-state index contributed by atoms with van der Waals surface area (Å²) in [6.45, 7) is 3.90. The molecule has 6 nitrogen and oxygen atoms in total. The Kier molecular flexibility index (Phi) is 4.01. The van der Waals surface area contributed by atoms with Crippen molar-refractivity contribution >= 4 is 11.8 Å². The third-order valence-corrected chi connectivity index (χ3v) is 3.37. The first-order chi connectivity index (χ1) is 9.04. The Morgan fingerprint density at radius 2 is 2.32 bits per heavy atom. The minimum atomic E-state index is -0.362. The number of furan rings is 1. The summed E-state index contributed by atoms with van der Waals surface area (Å²) in [7, 11) is 0. The second-order valence-electron chi connectivity index (χ2n) is 4.83. The van der Waals surface area contributed by atoms with E-state index >= 15 is 0 Å². The number of hydrogen-bond acceptors (Lipinski definition) is 5. The van der Waals surface area contributed by atoms with Gasteiger partial charge in [-0.2, -0.15) is 0 Å². The molecule has 1 aliphatic heterocycles. The number of nitrogens with two attached hydrogens (primary N) is 1. The molecule has 0 spiro atoms. The summed E-state index contributed by atoms with van der Waals surface area (Å²) in [5.74, 6) is 0.110. The minimum absolute atomic E-state index is 0.150. The van der Waals surface area contributed by atoms with Gasteiger partial charge in [-0.15, -0.1) is 0 Å². The standard InChI is InChI=1S/C13H19N3O3/c1-3-9-13(18)15-11(17)7-16(9)12(8(2)14)10-5-4-6-19-10/h4-6,8-9,12H,3,7,14H2,1-2H3,(H,15,17,18). The summed E-state index contributed by atoms with van der Waals surface area (Å²) in [4.78, 5) is 25.3. The number of nitrogens with one attached hydrogen (secondary N) is 1. The van der Waals surface area contributed by atoms with E-state index in [-0.39, 0.29) is 36.5 Å². The Hall–Kier alpha value is -1.66. The van der Waals surface area contributed by atoms with Crippen molar-refractivity contribution in [3.63, 3.8) is 0 Å². The molecule has 0 aliphatic carbocycles. The average Bonchev–Trinajstić information content (AvgIpc) is 2.81. The van der Waals surface area contributed by atoms with E-state index in [1.54, 1.807) is 12.3 Å². The van der Waals surface area contributed by atoms with Crippen LogP contribution in [-0.4, -0.2) is 35.3 Å². The molecule has 0 saturated carbocycles. The Morgan fingerprint density at radius 3 is 2.84 bits per heavy atom. The van der Waals surface area contributed by atoms with Crippen LogP contribution in [0.15, 0.2) is 22.8 Å². The molecule has 3 atom stereocenters. The SMILES string of the molecule is CCC1C(=O)NC(=O)CN1C(c1ccco1)C(C)N. The predicted octanol–water partition coefficient (Wildman–Crippen LogP) is 0.405. The van der Waals surface area contributed by atoms with Gasteiger partial charge in [0.15, 0.2) is 0 Å². The van der Waals surface area contributed by atoms with Crippen molar-refractivity contribution in [1.29, 1.82) is 0 Å². The molecule has 104 valence electrons. The summed E-state index contributed by atoms with van der Waals surface area (Å²) in [6.07, 6.45) is 2.18. The summed E-state index contributed by atoms with van der Waals surface area (Å²) in [6, 6.07) is 2.70. The average molecular weight is 265 g/mol. The molecule has 0 bridgehead atoms. The first-order valence-electron chi connectivity index (χ1n) is 6.43. The summed E-state index contributed by atoms with van der Waals surface area (Å²) >= 11 is 0.